The van der Waals surface area contributed by atoms with Gasteiger partial charge in [0.25, 0.3) is 5.91 Å². The Kier molecular flexibility index (Phi) is 4.17. The van der Waals surface area contributed by atoms with E-state index in [0.29, 0.717) is 11.7 Å². The van der Waals surface area contributed by atoms with E-state index in [1.54, 1.807) is 6.20 Å². The number of fused-ring (bicyclic) bond motifs is 2. The van der Waals surface area contributed by atoms with Gasteiger partial charge < -0.3 is 4.90 Å². The lowest BCUT2D eigenvalue weighted by Crippen LogP contribution is -2.40. The zero-order chi connectivity index (χ0) is 18.2. The van der Waals surface area contributed by atoms with Gasteiger partial charge in [-0.05, 0) is 42.5 Å². The maximum Gasteiger partial charge on any atom is 0.272 e. The van der Waals surface area contributed by atoms with Gasteiger partial charge in [0.1, 0.15) is 11.3 Å². The minimum Gasteiger partial charge on any atom is -0.336 e. The van der Waals surface area contributed by atoms with Crippen LogP contribution in [0, 0.1) is 0 Å². The van der Waals surface area contributed by atoms with Gasteiger partial charge in [0.2, 0.25) is 0 Å². The normalized spacial score (nSPS) is 18.6. The van der Waals surface area contributed by atoms with Crippen molar-refractivity contribution in [1.29, 1.82) is 0 Å². The van der Waals surface area contributed by atoms with Crippen LogP contribution in [0.25, 0.3) is 5.65 Å². The highest BCUT2D eigenvalue weighted by Gasteiger charge is 2.29. The average Bonchev–Trinajstić information content (AvgIpc) is 3.24. The van der Waals surface area contributed by atoms with E-state index < -0.39 is 0 Å². The monoisotopic (exact) mass is 360 g/mol. The molecule has 1 aliphatic heterocycles. The predicted octanol–water partition coefficient (Wildman–Crippen LogP) is 2.65. The molecule has 1 aromatic carbocycles. The fraction of sp³-hybridized carbons (Fsp3) is 0.364. The summed E-state index contributed by atoms with van der Waals surface area (Å²) in [6.45, 7) is 3.61. The van der Waals surface area contributed by atoms with Crippen molar-refractivity contribution in [3.63, 3.8) is 0 Å². The molecular formula is C22H24N4O. The summed E-state index contributed by atoms with van der Waals surface area (Å²) >= 11 is 0. The fourth-order valence-electron chi connectivity index (χ4n) is 4.55. The zero-order valence-corrected chi connectivity index (χ0v) is 15.4. The van der Waals surface area contributed by atoms with Crippen molar-refractivity contribution in [2.45, 2.75) is 25.3 Å². The molecule has 1 amide bonds. The maximum atomic E-state index is 13.1. The molecule has 138 valence electrons. The quantitative estimate of drug-likeness (QED) is 0.705. The smallest absolute Gasteiger partial charge is 0.272 e. The molecule has 1 saturated heterocycles. The van der Waals surface area contributed by atoms with Crippen LogP contribution in [0.1, 0.15) is 28.0 Å². The number of carbonyl (C=O) groups excluding carboxylic acids is 1. The summed E-state index contributed by atoms with van der Waals surface area (Å²) in [5, 5.41) is 0. The molecule has 0 spiro atoms. The van der Waals surface area contributed by atoms with Crippen molar-refractivity contribution in [2.24, 2.45) is 0 Å². The molecule has 5 heteroatoms. The molecule has 27 heavy (non-hydrogen) atoms. The second kappa shape index (κ2) is 6.82. The Labute approximate surface area is 159 Å². The van der Waals surface area contributed by atoms with Gasteiger partial charge in [-0.2, -0.15) is 0 Å². The van der Waals surface area contributed by atoms with E-state index in [2.05, 4.69) is 34.1 Å². The summed E-state index contributed by atoms with van der Waals surface area (Å²) in [6.07, 6.45) is 6.91. The standard InChI is InChI=1S/C22H24N4O/c27-22(20-16-23-21-8-3-4-11-26(20)21)25-10-5-9-24(12-13-25)19-14-17-6-1-2-7-18(17)15-19/h1-4,6-8,11,16,19H,5,9-10,12-15H2. The van der Waals surface area contributed by atoms with Gasteiger partial charge in [0.05, 0.1) is 6.20 Å². The van der Waals surface area contributed by atoms with Crippen molar-refractivity contribution in [2.75, 3.05) is 26.2 Å². The molecule has 1 fully saturated rings. The van der Waals surface area contributed by atoms with Gasteiger partial charge in [-0.1, -0.05) is 30.3 Å². The van der Waals surface area contributed by atoms with E-state index in [0.717, 1.165) is 51.1 Å². The Hall–Kier alpha value is -2.66. The molecule has 3 heterocycles. The highest BCUT2D eigenvalue weighted by Crippen LogP contribution is 2.26. The summed E-state index contributed by atoms with van der Waals surface area (Å²) in [5.41, 5.74) is 4.46. The molecule has 0 bridgehead atoms. The van der Waals surface area contributed by atoms with E-state index in [1.807, 2.05) is 33.7 Å². The largest absolute Gasteiger partial charge is 0.336 e. The Bertz CT molecular complexity index is 954. The predicted molar refractivity (Wildman–Crippen MR) is 105 cm³/mol. The van der Waals surface area contributed by atoms with Crippen LogP contribution in [0.5, 0.6) is 0 Å². The number of hydrogen-bond donors (Lipinski definition) is 0. The first-order chi connectivity index (χ1) is 13.3. The number of aromatic nitrogens is 2. The lowest BCUT2D eigenvalue weighted by molar-refractivity contribution is 0.0751. The van der Waals surface area contributed by atoms with E-state index >= 15 is 0 Å². The fourth-order valence-corrected chi connectivity index (χ4v) is 4.55. The molecule has 5 nitrogen and oxygen atoms in total. The second-order valence-electron chi connectivity index (χ2n) is 7.58. The molecule has 0 radical (unpaired) electrons. The topological polar surface area (TPSA) is 40.9 Å². The van der Waals surface area contributed by atoms with Crippen molar-refractivity contribution in [3.05, 3.63) is 71.7 Å². The first kappa shape index (κ1) is 16.5. The van der Waals surface area contributed by atoms with Crippen molar-refractivity contribution < 1.29 is 4.79 Å². The minimum atomic E-state index is 0.0882. The van der Waals surface area contributed by atoms with Crippen molar-refractivity contribution in [1.82, 2.24) is 19.2 Å². The molecule has 0 saturated carbocycles. The van der Waals surface area contributed by atoms with E-state index in [-0.39, 0.29) is 5.91 Å². The molecule has 0 unspecified atom stereocenters. The number of amides is 1. The van der Waals surface area contributed by atoms with Crippen LogP contribution in [0.2, 0.25) is 0 Å². The second-order valence-corrected chi connectivity index (χ2v) is 7.58. The van der Waals surface area contributed by atoms with Crippen molar-refractivity contribution in [3.8, 4) is 0 Å². The lowest BCUT2D eigenvalue weighted by Gasteiger charge is -2.27. The first-order valence-corrected chi connectivity index (χ1v) is 9.82. The molecule has 1 aliphatic carbocycles. The first-order valence-electron chi connectivity index (χ1n) is 9.82. The Balaban J connectivity index is 1.28. The van der Waals surface area contributed by atoms with Crippen LogP contribution in [0.3, 0.4) is 0 Å². The highest BCUT2D eigenvalue weighted by atomic mass is 16.2. The Morgan fingerprint density at radius 1 is 0.926 bits per heavy atom. The van der Waals surface area contributed by atoms with E-state index in [9.17, 15) is 4.79 Å². The number of pyridine rings is 1. The van der Waals surface area contributed by atoms with Gasteiger partial charge in [-0.25, -0.2) is 4.98 Å². The molecule has 0 N–H and O–H groups in total. The van der Waals surface area contributed by atoms with Gasteiger partial charge in [0, 0.05) is 38.4 Å². The number of nitrogens with zero attached hydrogens (tertiary/aromatic N) is 4. The number of carbonyl (C=O) groups is 1. The third-order valence-corrected chi connectivity index (χ3v) is 6.00. The lowest BCUT2D eigenvalue weighted by atomic mass is 10.1. The minimum absolute atomic E-state index is 0.0882. The summed E-state index contributed by atoms with van der Waals surface area (Å²) in [7, 11) is 0. The maximum absolute atomic E-state index is 13.1. The zero-order valence-electron chi connectivity index (χ0n) is 15.4. The van der Waals surface area contributed by atoms with Crippen LogP contribution in [-0.2, 0) is 12.8 Å². The highest BCUT2D eigenvalue weighted by molar-refractivity contribution is 5.93. The van der Waals surface area contributed by atoms with Crippen LogP contribution in [0.15, 0.2) is 54.9 Å². The van der Waals surface area contributed by atoms with Crippen LogP contribution in [-0.4, -0.2) is 57.3 Å². The number of benzene rings is 1. The van der Waals surface area contributed by atoms with Crippen LogP contribution in [0.4, 0.5) is 0 Å². The van der Waals surface area contributed by atoms with Gasteiger partial charge in [0.15, 0.2) is 0 Å². The number of imidazole rings is 1. The molecular weight excluding hydrogens is 336 g/mol. The SMILES string of the molecule is O=C(c1cnc2ccccn12)N1CCCN(C2Cc3ccccc3C2)CC1. The van der Waals surface area contributed by atoms with Crippen LogP contribution < -0.4 is 0 Å². The van der Waals surface area contributed by atoms with Gasteiger partial charge in [-0.15, -0.1) is 0 Å². The summed E-state index contributed by atoms with van der Waals surface area (Å²) in [4.78, 5) is 22.0. The number of rotatable bonds is 2. The third-order valence-electron chi connectivity index (χ3n) is 6.00. The molecule has 3 aromatic rings. The molecule has 2 aliphatic rings. The molecule has 2 aromatic heterocycles. The van der Waals surface area contributed by atoms with Crippen molar-refractivity contribution >= 4 is 11.6 Å². The summed E-state index contributed by atoms with van der Waals surface area (Å²) in [5.74, 6) is 0.0882. The van der Waals surface area contributed by atoms with E-state index in [1.165, 1.54) is 11.1 Å². The number of hydrogen-bond acceptors (Lipinski definition) is 3. The summed E-state index contributed by atoms with van der Waals surface area (Å²) in [6, 6.07) is 15.2. The van der Waals surface area contributed by atoms with E-state index in [4.69, 9.17) is 0 Å². The average molecular weight is 360 g/mol. The third kappa shape index (κ3) is 3.02. The summed E-state index contributed by atoms with van der Waals surface area (Å²) < 4.78 is 1.89. The van der Waals surface area contributed by atoms with Gasteiger partial charge >= 0.3 is 0 Å². The van der Waals surface area contributed by atoms with Gasteiger partial charge in [-0.3, -0.25) is 14.1 Å². The Morgan fingerprint density at radius 2 is 1.70 bits per heavy atom. The molecule has 0 atom stereocenters. The Morgan fingerprint density at radius 3 is 2.52 bits per heavy atom. The molecule has 5 rings (SSSR count). The van der Waals surface area contributed by atoms with Crippen LogP contribution >= 0.6 is 0 Å².